The van der Waals surface area contributed by atoms with Gasteiger partial charge in [0.15, 0.2) is 5.17 Å². The first-order chi connectivity index (χ1) is 12.3. The van der Waals surface area contributed by atoms with Gasteiger partial charge >= 0.3 is 0 Å². The van der Waals surface area contributed by atoms with Crippen molar-refractivity contribution in [3.63, 3.8) is 0 Å². The highest BCUT2D eigenvalue weighted by atomic mass is 35.5. The minimum Gasteiger partial charge on any atom is -0.378 e. The molecule has 0 unspecified atom stereocenters. The number of carbonyl (C=O) groups excluding carboxylic acids is 2. The lowest BCUT2D eigenvalue weighted by Gasteiger charge is -2.15. The zero-order valence-corrected chi connectivity index (χ0v) is 16.0. The van der Waals surface area contributed by atoms with Crippen molar-refractivity contribution in [3.05, 3.63) is 58.6 Å². The molecule has 0 saturated carbocycles. The standard InChI is InChI=1S/C19H18ClN3O2S/c1-11-6-7-14(8-12(11)2)22-19(21)26-16-10-17(24)23(18(16)25)15-5-3-4-13(20)9-15/h3-9,16H,10H2,1-2H3,(H2,21,22)/t16-/m0/s1. The summed E-state index contributed by atoms with van der Waals surface area (Å²) in [6.45, 7) is 4.02. The van der Waals surface area contributed by atoms with Crippen LogP contribution in [0.1, 0.15) is 17.5 Å². The van der Waals surface area contributed by atoms with E-state index in [-0.39, 0.29) is 23.4 Å². The minimum absolute atomic E-state index is 0.0825. The highest BCUT2D eigenvalue weighted by Crippen LogP contribution is 2.31. The molecule has 26 heavy (non-hydrogen) atoms. The van der Waals surface area contributed by atoms with E-state index < -0.39 is 5.25 Å². The van der Waals surface area contributed by atoms with E-state index in [1.807, 2.05) is 32.0 Å². The maximum Gasteiger partial charge on any atom is 0.247 e. The molecule has 1 saturated heterocycles. The van der Waals surface area contributed by atoms with E-state index in [0.29, 0.717) is 10.7 Å². The molecule has 1 heterocycles. The van der Waals surface area contributed by atoms with Crippen molar-refractivity contribution < 1.29 is 9.59 Å². The van der Waals surface area contributed by atoms with Gasteiger partial charge in [0.05, 0.1) is 11.4 Å². The van der Waals surface area contributed by atoms with Crippen LogP contribution in [-0.4, -0.2) is 22.2 Å². The van der Waals surface area contributed by atoms with Gasteiger partial charge in [0.25, 0.3) is 0 Å². The van der Waals surface area contributed by atoms with Gasteiger partial charge < -0.3 is 5.73 Å². The van der Waals surface area contributed by atoms with E-state index >= 15 is 0 Å². The van der Waals surface area contributed by atoms with Crippen molar-refractivity contribution in [1.82, 2.24) is 0 Å². The Labute approximate surface area is 161 Å². The largest absolute Gasteiger partial charge is 0.378 e. The van der Waals surface area contributed by atoms with E-state index in [2.05, 4.69) is 4.99 Å². The summed E-state index contributed by atoms with van der Waals surface area (Å²) in [6.07, 6.45) is 0.0825. The Morgan fingerprint density at radius 2 is 1.96 bits per heavy atom. The molecule has 1 aliphatic rings. The molecule has 0 aromatic heterocycles. The van der Waals surface area contributed by atoms with Crippen LogP contribution in [0.15, 0.2) is 47.5 Å². The van der Waals surface area contributed by atoms with Gasteiger partial charge in [-0.15, -0.1) is 0 Å². The normalized spacial score (nSPS) is 17.9. The number of aryl methyl sites for hydroxylation is 2. The van der Waals surface area contributed by atoms with Crippen molar-refractivity contribution >= 4 is 51.7 Å². The Bertz CT molecular complexity index is 913. The molecule has 0 aliphatic carbocycles. The lowest BCUT2D eigenvalue weighted by Crippen LogP contribution is -2.31. The molecule has 2 aromatic rings. The Hall–Kier alpha value is -2.31. The number of carbonyl (C=O) groups is 2. The third kappa shape index (κ3) is 3.92. The number of rotatable bonds is 3. The second-order valence-electron chi connectivity index (χ2n) is 6.08. The van der Waals surface area contributed by atoms with Crippen LogP contribution in [0.5, 0.6) is 0 Å². The minimum atomic E-state index is -0.586. The first kappa shape index (κ1) is 18.5. The summed E-state index contributed by atoms with van der Waals surface area (Å²) < 4.78 is 0. The molecule has 1 fully saturated rings. The molecular formula is C19H18ClN3O2S. The number of nitrogens with two attached hydrogens (primary N) is 1. The summed E-state index contributed by atoms with van der Waals surface area (Å²) in [7, 11) is 0. The number of anilines is 1. The van der Waals surface area contributed by atoms with E-state index in [0.717, 1.165) is 27.9 Å². The predicted molar refractivity (Wildman–Crippen MR) is 107 cm³/mol. The zero-order valence-electron chi connectivity index (χ0n) is 14.4. The Balaban J connectivity index is 1.76. The molecule has 2 N–H and O–H groups in total. The van der Waals surface area contributed by atoms with Gasteiger partial charge in [-0.2, -0.15) is 0 Å². The molecule has 1 atom stereocenters. The highest BCUT2D eigenvalue weighted by molar-refractivity contribution is 8.15. The number of aliphatic imine (C=N–C) groups is 1. The van der Waals surface area contributed by atoms with Crippen molar-refractivity contribution in [2.45, 2.75) is 25.5 Å². The van der Waals surface area contributed by atoms with Crippen LogP contribution in [-0.2, 0) is 9.59 Å². The number of nitrogens with zero attached hydrogens (tertiary/aromatic N) is 2. The van der Waals surface area contributed by atoms with Gasteiger partial charge in [0.2, 0.25) is 11.8 Å². The Morgan fingerprint density at radius 1 is 1.19 bits per heavy atom. The molecule has 0 radical (unpaired) electrons. The Kier molecular flexibility index (Phi) is 5.34. The molecule has 3 rings (SSSR count). The van der Waals surface area contributed by atoms with Crippen molar-refractivity contribution in [3.8, 4) is 0 Å². The number of amides is 2. The van der Waals surface area contributed by atoms with Gasteiger partial charge in [-0.25, -0.2) is 9.89 Å². The lowest BCUT2D eigenvalue weighted by molar-refractivity contribution is -0.121. The van der Waals surface area contributed by atoms with Crippen LogP contribution in [0.2, 0.25) is 5.02 Å². The third-order valence-corrected chi connectivity index (χ3v) is 5.39. The number of benzene rings is 2. The quantitative estimate of drug-likeness (QED) is 0.491. The lowest BCUT2D eigenvalue weighted by atomic mass is 10.1. The van der Waals surface area contributed by atoms with Gasteiger partial charge in [0.1, 0.15) is 5.25 Å². The van der Waals surface area contributed by atoms with Gasteiger partial charge in [-0.05, 0) is 55.3 Å². The fraction of sp³-hybridized carbons (Fsp3) is 0.211. The van der Waals surface area contributed by atoms with Crippen molar-refractivity contribution in [2.24, 2.45) is 10.7 Å². The monoisotopic (exact) mass is 387 g/mol. The average Bonchev–Trinajstić information content (AvgIpc) is 2.84. The van der Waals surface area contributed by atoms with Gasteiger partial charge in [-0.3, -0.25) is 9.59 Å². The molecule has 0 spiro atoms. The van der Waals surface area contributed by atoms with E-state index in [4.69, 9.17) is 17.3 Å². The number of hydrogen-bond acceptors (Lipinski definition) is 4. The van der Waals surface area contributed by atoms with E-state index in [1.54, 1.807) is 24.3 Å². The van der Waals surface area contributed by atoms with E-state index in [1.165, 1.54) is 5.56 Å². The highest BCUT2D eigenvalue weighted by Gasteiger charge is 2.40. The molecule has 2 aromatic carbocycles. The number of imide groups is 1. The SMILES string of the molecule is Cc1ccc(N=C(N)S[C@H]2CC(=O)N(c3cccc(Cl)c3)C2=O)cc1C. The molecule has 2 amide bonds. The van der Waals surface area contributed by atoms with Crippen LogP contribution in [0, 0.1) is 13.8 Å². The van der Waals surface area contributed by atoms with E-state index in [9.17, 15) is 9.59 Å². The number of halogens is 1. The average molecular weight is 388 g/mol. The molecule has 134 valence electrons. The maximum absolute atomic E-state index is 12.6. The maximum atomic E-state index is 12.6. The zero-order chi connectivity index (χ0) is 18.8. The first-order valence-electron chi connectivity index (χ1n) is 8.05. The second kappa shape index (κ2) is 7.51. The predicted octanol–water partition coefficient (Wildman–Crippen LogP) is 3.97. The second-order valence-corrected chi connectivity index (χ2v) is 7.74. The van der Waals surface area contributed by atoms with Crippen LogP contribution in [0.4, 0.5) is 11.4 Å². The number of hydrogen-bond donors (Lipinski definition) is 1. The summed E-state index contributed by atoms with van der Waals surface area (Å²) in [5.74, 6) is -0.575. The van der Waals surface area contributed by atoms with Crippen LogP contribution in [0.25, 0.3) is 0 Å². The summed E-state index contributed by atoms with van der Waals surface area (Å²) >= 11 is 7.07. The summed E-state index contributed by atoms with van der Waals surface area (Å²) in [6, 6.07) is 12.4. The molecule has 7 heteroatoms. The van der Waals surface area contributed by atoms with Crippen molar-refractivity contribution in [2.75, 3.05) is 4.90 Å². The molecular weight excluding hydrogens is 370 g/mol. The number of amidine groups is 1. The van der Waals surface area contributed by atoms with Crippen LogP contribution in [0.3, 0.4) is 0 Å². The summed E-state index contributed by atoms with van der Waals surface area (Å²) in [5, 5.41) is 0.138. The number of thioether (sulfide) groups is 1. The molecule has 5 nitrogen and oxygen atoms in total. The van der Waals surface area contributed by atoms with Crippen LogP contribution >= 0.6 is 23.4 Å². The third-order valence-electron chi connectivity index (χ3n) is 4.16. The van der Waals surface area contributed by atoms with Crippen molar-refractivity contribution in [1.29, 1.82) is 0 Å². The van der Waals surface area contributed by atoms with Gasteiger partial charge in [-0.1, -0.05) is 35.5 Å². The fourth-order valence-corrected chi connectivity index (χ4v) is 3.74. The topological polar surface area (TPSA) is 75.8 Å². The summed E-state index contributed by atoms with van der Waals surface area (Å²) in [4.78, 5) is 30.5. The van der Waals surface area contributed by atoms with Crippen LogP contribution < -0.4 is 10.6 Å². The molecule has 1 aliphatic heterocycles. The summed E-state index contributed by atoms with van der Waals surface area (Å²) in [5.41, 5.74) is 9.48. The Morgan fingerprint density at radius 3 is 2.65 bits per heavy atom. The molecule has 0 bridgehead atoms. The first-order valence-corrected chi connectivity index (χ1v) is 9.31. The van der Waals surface area contributed by atoms with Gasteiger partial charge in [0, 0.05) is 11.4 Å². The fourth-order valence-electron chi connectivity index (χ4n) is 2.68. The smallest absolute Gasteiger partial charge is 0.247 e.